The second-order valence-electron chi connectivity index (χ2n) is 3.94. The predicted octanol–water partition coefficient (Wildman–Crippen LogP) is 1.13. The Labute approximate surface area is 120 Å². The molecular weight excluding hydrogens is 276 g/mol. The highest BCUT2D eigenvalue weighted by Crippen LogP contribution is 2.16. The number of benzene rings is 1. The summed E-state index contributed by atoms with van der Waals surface area (Å²) in [6, 6.07) is 9.83. The van der Waals surface area contributed by atoms with Crippen LogP contribution in [-0.2, 0) is 4.79 Å². The molecule has 7 nitrogen and oxygen atoms in total. The minimum atomic E-state index is -0.544. The monoisotopic (exact) mass is 290 g/mol. The summed E-state index contributed by atoms with van der Waals surface area (Å²) < 4.78 is 15.1. The summed E-state index contributed by atoms with van der Waals surface area (Å²) in [5.74, 6) is 0.274. The molecule has 0 spiro atoms. The lowest BCUT2D eigenvalue weighted by Crippen LogP contribution is -2.43. The number of methoxy groups -OCH3 is 1. The largest absolute Gasteiger partial charge is 0.497 e. The fraction of sp³-hybridized carbons (Fsp3) is 0.143. The van der Waals surface area contributed by atoms with E-state index in [2.05, 4.69) is 10.9 Å². The van der Waals surface area contributed by atoms with E-state index < -0.39 is 11.8 Å². The Hall–Kier alpha value is -2.96. The summed E-state index contributed by atoms with van der Waals surface area (Å²) in [6.45, 7) is -0.231. The standard InChI is InChI=1S/C14H14N2O5/c1-19-10-4-6-11(7-5-10)21-9-13(17)15-16-14(18)12-3-2-8-20-12/h2-8H,9H2,1H3,(H,15,17)(H,16,18). The van der Waals surface area contributed by atoms with E-state index in [1.54, 1.807) is 37.4 Å². The number of ether oxygens (including phenoxy) is 2. The quantitative estimate of drug-likeness (QED) is 0.806. The van der Waals surface area contributed by atoms with Crippen molar-refractivity contribution in [2.75, 3.05) is 13.7 Å². The van der Waals surface area contributed by atoms with Gasteiger partial charge in [0.2, 0.25) is 0 Å². The minimum absolute atomic E-state index is 0.103. The van der Waals surface area contributed by atoms with E-state index in [1.165, 1.54) is 12.3 Å². The zero-order valence-corrected chi connectivity index (χ0v) is 11.3. The van der Waals surface area contributed by atoms with Crippen LogP contribution in [0.15, 0.2) is 47.1 Å². The van der Waals surface area contributed by atoms with E-state index in [1.807, 2.05) is 0 Å². The van der Waals surface area contributed by atoms with Crippen molar-refractivity contribution in [2.45, 2.75) is 0 Å². The molecule has 2 rings (SSSR count). The summed E-state index contributed by atoms with van der Waals surface area (Å²) in [4.78, 5) is 23.0. The highest BCUT2D eigenvalue weighted by atomic mass is 16.5. The summed E-state index contributed by atoms with van der Waals surface area (Å²) >= 11 is 0. The molecule has 1 heterocycles. The summed E-state index contributed by atoms with van der Waals surface area (Å²) in [6.07, 6.45) is 1.36. The molecule has 7 heteroatoms. The lowest BCUT2D eigenvalue weighted by molar-refractivity contribution is -0.123. The van der Waals surface area contributed by atoms with E-state index in [4.69, 9.17) is 13.9 Å². The first-order chi connectivity index (χ1) is 10.2. The SMILES string of the molecule is COc1ccc(OCC(=O)NNC(=O)c2ccco2)cc1. The van der Waals surface area contributed by atoms with E-state index in [0.29, 0.717) is 11.5 Å². The Morgan fingerprint density at radius 2 is 1.81 bits per heavy atom. The van der Waals surface area contributed by atoms with Crippen molar-refractivity contribution in [3.05, 3.63) is 48.4 Å². The van der Waals surface area contributed by atoms with Gasteiger partial charge in [-0.25, -0.2) is 0 Å². The van der Waals surface area contributed by atoms with Crippen molar-refractivity contribution in [1.82, 2.24) is 10.9 Å². The van der Waals surface area contributed by atoms with Gasteiger partial charge in [-0.15, -0.1) is 0 Å². The van der Waals surface area contributed by atoms with Gasteiger partial charge in [-0.2, -0.15) is 0 Å². The molecule has 0 aliphatic heterocycles. The summed E-state index contributed by atoms with van der Waals surface area (Å²) in [5, 5.41) is 0. The number of amides is 2. The molecule has 2 amide bonds. The average molecular weight is 290 g/mol. The molecule has 0 radical (unpaired) electrons. The van der Waals surface area contributed by atoms with Gasteiger partial charge in [0.15, 0.2) is 12.4 Å². The molecule has 0 atom stereocenters. The second-order valence-corrected chi connectivity index (χ2v) is 3.94. The predicted molar refractivity (Wildman–Crippen MR) is 72.8 cm³/mol. The van der Waals surface area contributed by atoms with E-state index in [9.17, 15) is 9.59 Å². The Morgan fingerprint density at radius 3 is 2.43 bits per heavy atom. The molecule has 1 aromatic heterocycles. The smallest absolute Gasteiger partial charge is 0.305 e. The summed E-state index contributed by atoms with van der Waals surface area (Å²) in [5.41, 5.74) is 4.42. The topological polar surface area (TPSA) is 89.8 Å². The first-order valence-corrected chi connectivity index (χ1v) is 6.08. The number of nitrogens with one attached hydrogen (secondary N) is 2. The van der Waals surface area contributed by atoms with Crippen LogP contribution >= 0.6 is 0 Å². The third-order valence-corrected chi connectivity index (χ3v) is 2.49. The number of hydrogen-bond donors (Lipinski definition) is 2. The Balaban J connectivity index is 1.73. The number of hydrazine groups is 1. The van der Waals surface area contributed by atoms with Crippen LogP contribution in [-0.4, -0.2) is 25.5 Å². The lowest BCUT2D eigenvalue weighted by Gasteiger charge is -2.08. The van der Waals surface area contributed by atoms with Crippen LogP contribution < -0.4 is 20.3 Å². The molecule has 0 unspecified atom stereocenters. The highest BCUT2D eigenvalue weighted by Gasteiger charge is 2.09. The van der Waals surface area contributed by atoms with Crippen LogP contribution in [0.2, 0.25) is 0 Å². The third kappa shape index (κ3) is 4.27. The van der Waals surface area contributed by atoms with Crippen molar-refractivity contribution in [2.24, 2.45) is 0 Å². The molecule has 2 N–H and O–H groups in total. The van der Waals surface area contributed by atoms with Crippen LogP contribution in [0.25, 0.3) is 0 Å². The van der Waals surface area contributed by atoms with Crippen LogP contribution in [0, 0.1) is 0 Å². The molecular formula is C14H14N2O5. The highest BCUT2D eigenvalue weighted by molar-refractivity contribution is 5.92. The molecule has 0 saturated carbocycles. The second kappa shape index (κ2) is 6.99. The van der Waals surface area contributed by atoms with Gasteiger partial charge in [0.05, 0.1) is 13.4 Å². The molecule has 0 bridgehead atoms. The number of hydrogen-bond acceptors (Lipinski definition) is 5. The molecule has 0 aliphatic rings. The van der Waals surface area contributed by atoms with Crippen molar-refractivity contribution < 1.29 is 23.5 Å². The Morgan fingerprint density at radius 1 is 1.10 bits per heavy atom. The zero-order chi connectivity index (χ0) is 15.1. The van der Waals surface area contributed by atoms with Crippen LogP contribution in [0.3, 0.4) is 0 Å². The number of carbonyl (C=O) groups is 2. The summed E-state index contributed by atoms with van der Waals surface area (Å²) in [7, 11) is 1.56. The van der Waals surface area contributed by atoms with Crippen LogP contribution in [0.4, 0.5) is 0 Å². The van der Waals surface area contributed by atoms with Crippen molar-refractivity contribution in [3.8, 4) is 11.5 Å². The van der Waals surface area contributed by atoms with Gasteiger partial charge in [0, 0.05) is 0 Å². The van der Waals surface area contributed by atoms with E-state index in [0.717, 1.165) is 0 Å². The Kier molecular flexibility index (Phi) is 4.81. The fourth-order valence-electron chi connectivity index (χ4n) is 1.45. The maximum Gasteiger partial charge on any atom is 0.305 e. The normalized spacial score (nSPS) is 9.76. The number of furan rings is 1. The average Bonchev–Trinajstić information content (AvgIpc) is 3.05. The third-order valence-electron chi connectivity index (χ3n) is 2.49. The van der Waals surface area contributed by atoms with Gasteiger partial charge in [0.25, 0.3) is 5.91 Å². The van der Waals surface area contributed by atoms with Crippen molar-refractivity contribution in [1.29, 1.82) is 0 Å². The first-order valence-electron chi connectivity index (χ1n) is 6.08. The first kappa shape index (κ1) is 14.4. The minimum Gasteiger partial charge on any atom is -0.497 e. The molecule has 0 fully saturated rings. The van der Waals surface area contributed by atoms with Gasteiger partial charge in [-0.1, -0.05) is 0 Å². The van der Waals surface area contributed by atoms with Crippen LogP contribution in [0.1, 0.15) is 10.6 Å². The fourth-order valence-corrected chi connectivity index (χ4v) is 1.45. The molecule has 0 aliphatic carbocycles. The van der Waals surface area contributed by atoms with Crippen molar-refractivity contribution in [3.63, 3.8) is 0 Å². The number of carbonyl (C=O) groups excluding carboxylic acids is 2. The molecule has 21 heavy (non-hydrogen) atoms. The van der Waals surface area contributed by atoms with Crippen LogP contribution in [0.5, 0.6) is 11.5 Å². The van der Waals surface area contributed by atoms with Gasteiger partial charge in [-0.3, -0.25) is 20.4 Å². The Bertz CT molecular complexity index is 592. The van der Waals surface area contributed by atoms with E-state index in [-0.39, 0.29) is 12.4 Å². The van der Waals surface area contributed by atoms with Crippen molar-refractivity contribution >= 4 is 11.8 Å². The van der Waals surface area contributed by atoms with Gasteiger partial charge < -0.3 is 13.9 Å². The van der Waals surface area contributed by atoms with Gasteiger partial charge >= 0.3 is 5.91 Å². The number of rotatable bonds is 5. The maximum absolute atomic E-state index is 11.5. The lowest BCUT2D eigenvalue weighted by atomic mass is 10.3. The molecule has 0 saturated heterocycles. The van der Waals surface area contributed by atoms with Gasteiger partial charge in [-0.05, 0) is 36.4 Å². The molecule has 2 aromatic rings. The zero-order valence-electron chi connectivity index (χ0n) is 11.3. The van der Waals surface area contributed by atoms with E-state index >= 15 is 0 Å². The maximum atomic E-state index is 11.5. The molecule has 110 valence electrons. The molecule has 1 aromatic carbocycles. The van der Waals surface area contributed by atoms with Gasteiger partial charge in [0.1, 0.15) is 11.5 Å².